The van der Waals surface area contributed by atoms with E-state index in [2.05, 4.69) is 7.81 Å². The zero-order chi connectivity index (χ0) is 9.12. The number of hydrogen-bond donors (Lipinski definition) is 1. The molecule has 0 unspecified atom stereocenters. The Morgan fingerprint density at radius 3 is 2.00 bits per heavy atom. The van der Waals surface area contributed by atoms with E-state index in [9.17, 15) is 16.8 Å². The molecule has 7 nitrogen and oxygen atoms in total. The molecule has 10 heteroatoms. The van der Waals surface area contributed by atoms with Crippen LogP contribution < -0.4 is 29.6 Å². The average Bonchev–Trinajstić information content (AvgIpc) is 1.55. The summed E-state index contributed by atoms with van der Waals surface area (Å²) in [6.45, 7) is 1.03. The minimum Gasteiger partial charge on any atom is -1.00 e. The van der Waals surface area contributed by atoms with Crippen LogP contribution >= 0.6 is 0 Å². The first-order valence-electron chi connectivity index (χ1n) is 2.35. The summed E-state index contributed by atoms with van der Waals surface area (Å²) in [7, 11) is -9.64. The maximum absolute atomic E-state index is 10.3. The first kappa shape index (κ1) is 15.3. The van der Waals surface area contributed by atoms with Crippen molar-refractivity contribution < 1.29 is 60.2 Å². The summed E-state index contributed by atoms with van der Waals surface area (Å²) in [5, 5.41) is 0. The standard InChI is InChI=1S/C2H6O7S2.Na.H/c1-2-8-11(6,7)9-10(3,4)5;;/h2H2,1H3,(H,3,4,5);;/q;+1;-1. The minimum absolute atomic E-state index is 0. The largest absolute Gasteiger partial charge is 1.00 e. The smallest absolute Gasteiger partial charge is 1.00 e. The van der Waals surface area contributed by atoms with Gasteiger partial charge in [-0.05, 0) is 6.92 Å². The molecule has 0 saturated carbocycles. The Hall–Kier alpha value is 0.780. The van der Waals surface area contributed by atoms with E-state index >= 15 is 0 Å². The fourth-order valence-electron chi connectivity index (χ4n) is 0.269. The van der Waals surface area contributed by atoms with Gasteiger partial charge < -0.3 is 1.43 Å². The van der Waals surface area contributed by atoms with Gasteiger partial charge in [-0.2, -0.15) is 16.8 Å². The van der Waals surface area contributed by atoms with Gasteiger partial charge in [0.15, 0.2) is 0 Å². The van der Waals surface area contributed by atoms with E-state index in [0.717, 1.165) is 0 Å². The van der Waals surface area contributed by atoms with Crippen molar-refractivity contribution in [2.45, 2.75) is 6.92 Å². The summed E-state index contributed by atoms with van der Waals surface area (Å²) < 4.78 is 54.9. The molecule has 70 valence electrons. The van der Waals surface area contributed by atoms with E-state index in [1.165, 1.54) is 6.92 Å². The number of hydrogen-bond acceptors (Lipinski definition) is 6. The van der Waals surface area contributed by atoms with E-state index < -0.39 is 20.8 Å². The number of rotatable bonds is 4. The minimum atomic E-state index is -5.02. The zero-order valence-electron chi connectivity index (χ0n) is 7.42. The summed E-state index contributed by atoms with van der Waals surface area (Å²) in [4.78, 5) is 0. The fourth-order valence-corrected chi connectivity index (χ4v) is 1.56. The van der Waals surface area contributed by atoms with Crippen LogP contribution in [0, 0.1) is 0 Å². The third kappa shape index (κ3) is 8.87. The molecule has 0 heterocycles. The van der Waals surface area contributed by atoms with Crippen LogP contribution in [0.3, 0.4) is 0 Å². The normalized spacial score (nSPS) is 12.2. The molecule has 0 aliphatic heterocycles. The monoisotopic (exact) mass is 230 g/mol. The second-order valence-electron chi connectivity index (χ2n) is 1.31. The Balaban J connectivity index is -0.000000500. The Bertz CT molecular complexity index is 305. The van der Waals surface area contributed by atoms with Crippen LogP contribution in [0.25, 0.3) is 0 Å². The van der Waals surface area contributed by atoms with Gasteiger partial charge in [0.25, 0.3) is 0 Å². The topological polar surface area (TPSA) is 107 Å². The van der Waals surface area contributed by atoms with Crippen molar-refractivity contribution in [1.82, 2.24) is 0 Å². The van der Waals surface area contributed by atoms with Crippen molar-refractivity contribution in [1.29, 1.82) is 0 Å². The molecule has 0 spiro atoms. The second kappa shape index (κ2) is 5.50. The van der Waals surface area contributed by atoms with Gasteiger partial charge in [-0.25, -0.2) is 4.18 Å². The van der Waals surface area contributed by atoms with E-state index in [1.54, 1.807) is 0 Å². The molecule has 12 heavy (non-hydrogen) atoms. The third-order valence-corrected chi connectivity index (χ3v) is 2.31. The van der Waals surface area contributed by atoms with E-state index in [1.807, 2.05) is 0 Å². The molecule has 0 radical (unpaired) electrons. The molecule has 0 aliphatic rings. The first-order chi connectivity index (χ1) is 4.77. The maximum Gasteiger partial charge on any atom is 1.00 e. The molecule has 0 bridgehead atoms. The molecule has 1 N–H and O–H groups in total. The maximum atomic E-state index is 10.3. The summed E-state index contributed by atoms with van der Waals surface area (Å²) >= 11 is 0. The first-order valence-corrected chi connectivity index (χ1v) is 5.04. The van der Waals surface area contributed by atoms with Gasteiger partial charge in [-0.1, -0.05) is 0 Å². The van der Waals surface area contributed by atoms with Gasteiger partial charge in [0.2, 0.25) is 0 Å². The van der Waals surface area contributed by atoms with Gasteiger partial charge in [-0.15, -0.1) is 3.63 Å². The quantitative estimate of drug-likeness (QED) is 0.390. The molecule has 0 aromatic carbocycles. The van der Waals surface area contributed by atoms with Crippen LogP contribution in [-0.2, 0) is 28.6 Å². The summed E-state index contributed by atoms with van der Waals surface area (Å²) in [6, 6.07) is 0. The van der Waals surface area contributed by atoms with Crippen molar-refractivity contribution in [2.75, 3.05) is 6.61 Å². The van der Waals surface area contributed by atoms with Crippen molar-refractivity contribution >= 4 is 20.8 Å². The summed E-state index contributed by atoms with van der Waals surface area (Å²) in [6.07, 6.45) is 0. The van der Waals surface area contributed by atoms with E-state index in [0.29, 0.717) is 0 Å². The van der Waals surface area contributed by atoms with Gasteiger partial charge in [0.05, 0.1) is 6.61 Å². The predicted octanol–water partition coefficient (Wildman–Crippen LogP) is -3.80. The van der Waals surface area contributed by atoms with Crippen molar-refractivity contribution in [2.24, 2.45) is 0 Å². The summed E-state index contributed by atoms with van der Waals surface area (Å²) in [5.74, 6) is 0. The van der Waals surface area contributed by atoms with Crippen molar-refractivity contribution in [3.63, 3.8) is 0 Å². The van der Waals surface area contributed by atoms with Crippen LogP contribution in [0.15, 0.2) is 0 Å². The zero-order valence-corrected chi connectivity index (χ0v) is 10.1. The van der Waals surface area contributed by atoms with Gasteiger partial charge >= 0.3 is 50.4 Å². The Kier molecular flexibility index (Phi) is 6.99. The fraction of sp³-hybridized carbons (Fsp3) is 1.00. The van der Waals surface area contributed by atoms with Crippen molar-refractivity contribution in [3.05, 3.63) is 0 Å². The molecule has 0 aromatic rings. The van der Waals surface area contributed by atoms with E-state index in [4.69, 9.17) is 4.55 Å². The van der Waals surface area contributed by atoms with E-state index in [-0.39, 0.29) is 37.6 Å². The molecule has 0 atom stereocenters. The Labute approximate surface area is 94.1 Å². The van der Waals surface area contributed by atoms with Gasteiger partial charge in [-0.3, -0.25) is 4.55 Å². The van der Waals surface area contributed by atoms with Crippen molar-refractivity contribution in [3.8, 4) is 0 Å². The Morgan fingerprint density at radius 1 is 1.33 bits per heavy atom. The molecule has 0 saturated heterocycles. The molecule has 0 fully saturated rings. The van der Waals surface area contributed by atoms with Crippen LogP contribution in [0.2, 0.25) is 0 Å². The molecule has 0 rings (SSSR count). The second-order valence-corrected chi connectivity index (χ2v) is 3.76. The van der Waals surface area contributed by atoms with Crippen LogP contribution in [0.4, 0.5) is 0 Å². The Morgan fingerprint density at radius 2 is 1.75 bits per heavy atom. The molecule has 0 amide bonds. The van der Waals surface area contributed by atoms with Gasteiger partial charge in [0.1, 0.15) is 0 Å². The predicted molar refractivity (Wildman–Crippen MR) is 34.3 cm³/mol. The third-order valence-electron chi connectivity index (χ3n) is 0.432. The average molecular weight is 230 g/mol. The summed E-state index contributed by atoms with van der Waals surface area (Å²) in [5.41, 5.74) is 0. The molecular formula is C2H7NaO7S2. The molecule has 0 aromatic heterocycles. The van der Waals surface area contributed by atoms with Crippen LogP contribution in [0.5, 0.6) is 0 Å². The molecular weight excluding hydrogens is 223 g/mol. The van der Waals surface area contributed by atoms with Crippen LogP contribution in [-0.4, -0.2) is 28.0 Å². The van der Waals surface area contributed by atoms with Gasteiger partial charge in [0, 0.05) is 0 Å². The SMILES string of the molecule is CCOS(=O)(=O)OS(=O)(=O)O.[H-].[Na+]. The van der Waals surface area contributed by atoms with Crippen LogP contribution in [0.1, 0.15) is 8.35 Å². The molecule has 0 aliphatic carbocycles.